The van der Waals surface area contributed by atoms with Crippen LogP contribution >= 0.6 is 11.3 Å². The van der Waals surface area contributed by atoms with E-state index in [1.54, 1.807) is 11.3 Å². The van der Waals surface area contributed by atoms with Crippen LogP contribution in [0.4, 0.5) is 0 Å². The Morgan fingerprint density at radius 2 is 2.04 bits per heavy atom. The summed E-state index contributed by atoms with van der Waals surface area (Å²) in [7, 11) is 0. The van der Waals surface area contributed by atoms with Gasteiger partial charge in [-0.15, -0.1) is 11.3 Å². The molecule has 0 radical (unpaired) electrons. The van der Waals surface area contributed by atoms with Gasteiger partial charge in [0.25, 0.3) is 0 Å². The van der Waals surface area contributed by atoms with Gasteiger partial charge >= 0.3 is 0 Å². The molecule has 2 aromatic rings. The summed E-state index contributed by atoms with van der Waals surface area (Å²) in [4.78, 5) is 18.5. The van der Waals surface area contributed by atoms with E-state index in [-0.39, 0.29) is 0 Å². The maximum absolute atomic E-state index is 12.6. The van der Waals surface area contributed by atoms with Crippen LogP contribution in [0.15, 0.2) is 41.8 Å². The smallest absolute Gasteiger partial charge is 0.223 e. The minimum Gasteiger partial charge on any atom is -0.339 e. The molecule has 0 aliphatic carbocycles. The lowest BCUT2D eigenvalue weighted by Gasteiger charge is -2.45. The average Bonchev–Trinajstić information content (AvgIpc) is 3.12. The van der Waals surface area contributed by atoms with Gasteiger partial charge in [-0.2, -0.15) is 0 Å². The molecule has 120 valence electrons. The van der Waals surface area contributed by atoms with E-state index in [1.165, 1.54) is 16.0 Å². The minimum absolute atomic E-state index is 0.307. The molecule has 4 heteroatoms. The van der Waals surface area contributed by atoms with Crippen LogP contribution in [-0.2, 0) is 17.6 Å². The van der Waals surface area contributed by atoms with Gasteiger partial charge in [0.2, 0.25) is 5.91 Å². The van der Waals surface area contributed by atoms with E-state index in [2.05, 4.69) is 51.6 Å². The van der Waals surface area contributed by atoms with Crippen LogP contribution in [0.1, 0.15) is 28.5 Å². The average molecular weight is 326 g/mol. The van der Waals surface area contributed by atoms with Crippen molar-refractivity contribution in [2.45, 2.75) is 25.3 Å². The first kappa shape index (κ1) is 14.9. The number of carbonyl (C=O) groups is 1. The lowest BCUT2D eigenvalue weighted by atomic mass is 9.91. The van der Waals surface area contributed by atoms with E-state index >= 15 is 0 Å². The number of aryl methyl sites for hydroxylation is 1. The van der Waals surface area contributed by atoms with E-state index < -0.39 is 0 Å². The molecule has 3 heterocycles. The fourth-order valence-electron chi connectivity index (χ4n) is 3.80. The number of piperazine rings is 1. The van der Waals surface area contributed by atoms with Gasteiger partial charge in [0.15, 0.2) is 0 Å². The Balaban J connectivity index is 1.44. The highest BCUT2D eigenvalue weighted by Crippen LogP contribution is 2.32. The number of amides is 1. The van der Waals surface area contributed by atoms with E-state index in [0.717, 1.165) is 39.0 Å². The SMILES string of the molecule is O=C(CCc1cccs1)N1CCN2CCc3ccccc3C2C1. The van der Waals surface area contributed by atoms with Crippen molar-refractivity contribution in [3.63, 3.8) is 0 Å². The first-order valence-corrected chi connectivity index (χ1v) is 9.31. The van der Waals surface area contributed by atoms with Gasteiger partial charge in [0.05, 0.1) is 6.04 Å². The molecular weight excluding hydrogens is 304 g/mol. The number of benzene rings is 1. The molecule has 0 spiro atoms. The summed E-state index contributed by atoms with van der Waals surface area (Å²) in [6.07, 6.45) is 2.64. The molecule has 23 heavy (non-hydrogen) atoms. The van der Waals surface area contributed by atoms with Crippen molar-refractivity contribution < 1.29 is 4.79 Å². The quantitative estimate of drug-likeness (QED) is 0.865. The predicted octanol–water partition coefficient (Wildman–Crippen LogP) is 3.12. The van der Waals surface area contributed by atoms with E-state index in [0.29, 0.717) is 18.4 Å². The molecule has 1 aromatic heterocycles. The molecule has 1 unspecified atom stereocenters. The topological polar surface area (TPSA) is 23.6 Å². The van der Waals surface area contributed by atoms with Crippen LogP contribution < -0.4 is 0 Å². The van der Waals surface area contributed by atoms with E-state index in [1.807, 2.05) is 0 Å². The van der Waals surface area contributed by atoms with Gasteiger partial charge < -0.3 is 4.90 Å². The lowest BCUT2D eigenvalue weighted by molar-refractivity contribution is -0.134. The van der Waals surface area contributed by atoms with Crippen molar-refractivity contribution in [2.24, 2.45) is 0 Å². The number of fused-ring (bicyclic) bond motifs is 3. The summed E-state index contributed by atoms with van der Waals surface area (Å²) in [5, 5.41) is 2.08. The predicted molar refractivity (Wildman–Crippen MR) is 93.7 cm³/mol. The monoisotopic (exact) mass is 326 g/mol. The highest BCUT2D eigenvalue weighted by molar-refractivity contribution is 7.09. The van der Waals surface area contributed by atoms with Crippen molar-refractivity contribution >= 4 is 17.2 Å². The highest BCUT2D eigenvalue weighted by Gasteiger charge is 2.33. The number of hydrogen-bond acceptors (Lipinski definition) is 3. The molecule has 1 fully saturated rings. The third-order valence-corrected chi connectivity index (χ3v) is 6.03. The maximum Gasteiger partial charge on any atom is 0.223 e. The zero-order valence-electron chi connectivity index (χ0n) is 13.3. The summed E-state index contributed by atoms with van der Waals surface area (Å²) in [5.41, 5.74) is 2.89. The van der Waals surface area contributed by atoms with E-state index in [4.69, 9.17) is 0 Å². The van der Waals surface area contributed by atoms with Gasteiger partial charge in [-0.05, 0) is 35.4 Å². The largest absolute Gasteiger partial charge is 0.339 e. The van der Waals surface area contributed by atoms with Crippen LogP contribution in [0.25, 0.3) is 0 Å². The molecule has 1 aromatic carbocycles. The Bertz CT molecular complexity index is 682. The van der Waals surface area contributed by atoms with Crippen molar-refractivity contribution in [2.75, 3.05) is 26.2 Å². The number of nitrogens with zero attached hydrogens (tertiary/aromatic N) is 2. The zero-order valence-corrected chi connectivity index (χ0v) is 14.1. The van der Waals surface area contributed by atoms with Gasteiger partial charge in [0.1, 0.15) is 0 Å². The van der Waals surface area contributed by atoms with Crippen LogP contribution in [0.5, 0.6) is 0 Å². The van der Waals surface area contributed by atoms with Crippen LogP contribution in [-0.4, -0.2) is 41.9 Å². The fraction of sp³-hybridized carbons (Fsp3) is 0.421. The summed E-state index contributed by atoms with van der Waals surface area (Å²) >= 11 is 1.74. The molecule has 0 N–H and O–H groups in total. The van der Waals surface area contributed by atoms with Crippen molar-refractivity contribution in [3.8, 4) is 0 Å². The summed E-state index contributed by atoms with van der Waals surface area (Å²) in [6.45, 7) is 3.85. The fourth-order valence-corrected chi connectivity index (χ4v) is 4.51. The Kier molecular flexibility index (Phi) is 4.19. The van der Waals surface area contributed by atoms with E-state index in [9.17, 15) is 4.79 Å². The molecule has 1 atom stereocenters. The Morgan fingerprint density at radius 3 is 2.91 bits per heavy atom. The second kappa shape index (κ2) is 6.46. The summed E-state index contributed by atoms with van der Waals surface area (Å²) in [6, 6.07) is 13.3. The molecule has 1 amide bonds. The van der Waals surface area contributed by atoms with Crippen molar-refractivity contribution in [1.82, 2.24) is 9.80 Å². The van der Waals surface area contributed by atoms with Gasteiger partial charge in [-0.3, -0.25) is 9.69 Å². The third kappa shape index (κ3) is 3.06. The minimum atomic E-state index is 0.307. The normalized spacial score (nSPS) is 20.9. The molecule has 3 nitrogen and oxygen atoms in total. The highest BCUT2D eigenvalue weighted by atomic mass is 32.1. The maximum atomic E-state index is 12.6. The Morgan fingerprint density at radius 1 is 1.13 bits per heavy atom. The first-order chi connectivity index (χ1) is 11.3. The third-order valence-electron chi connectivity index (χ3n) is 5.09. The molecule has 0 saturated carbocycles. The Labute approximate surface area is 141 Å². The molecule has 0 bridgehead atoms. The molecule has 2 aliphatic rings. The van der Waals surface area contributed by atoms with Crippen molar-refractivity contribution in [1.29, 1.82) is 0 Å². The second-order valence-electron chi connectivity index (χ2n) is 6.42. The number of hydrogen-bond donors (Lipinski definition) is 0. The van der Waals surface area contributed by atoms with Crippen LogP contribution in [0, 0.1) is 0 Å². The Hall–Kier alpha value is -1.65. The molecule has 1 saturated heterocycles. The lowest BCUT2D eigenvalue weighted by Crippen LogP contribution is -2.52. The molecule has 2 aliphatic heterocycles. The first-order valence-electron chi connectivity index (χ1n) is 8.43. The van der Waals surface area contributed by atoms with Crippen LogP contribution in [0.2, 0.25) is 0 Å². The standard InChI is InChI=1S/C19H22N2OS/c22-19(8-7-16-5-3-13-23-16)21-12-11-20-10-9-15-4-1-2-6-17(15)18(20)14-21/h1-6,13,18H,7-12,14H2. The summed E-state index contributed by atoms with van der Waals surface area (Å²) in [5.74, 6) is 0.307. The number of thiophene rings is 1. The van der Waals surface area contributed by atoms with Crippen LogP contribution in [0.3, 0.4) is 0 Å². The number of carbonyl (C=O) groups excluding carboxylic acids is 1. The zero-order chi connectivity index (χ0) is 15.6. The number of rotatable bonds is 3. The molecule has 4 rings (SSSR count). The van der Waals surface area contributed by atoms with Gasteiger partial charge in [-0.1, -0.05) is 30.3 Å². The second-order valence-corrected chi connectivity index (χ2v) is 7.45. The van der Waals surface area contributed by atoms with Crippen molar-refractivity contribution in [3.05, 3.63) is 57.8 Å². The van der Waals surface area contributed by atoms with Gasteiger partial charge in [-0.25, -0.2) is 0 Å². The van der Waals surface area contributed by atoms with Gasteiger partial charge in [0, 0.05) is 37.5 Å². The molecular formula is C19H22N2OS. The summed E-state index contributed by atoms with van der Waals surface area (Å²) < 4.78 is 0.